The van der Waals surface area contributed by atoms with E-state index in [1.165, 1.54) is 11.3 Å². The minimum atomic E-state index is 0.0175. The molecule has 0 saturated carbocycles. The zero-order chi connectivity index (χ0) is 12.4. The largest absolute Gasteiger partial charge is 0.288 e. The minimum absolute atomic E-state index is 0.0175. The lowest BCUT2D eigenvalue weighted by molar-refractivity contribution is 0.105. The molecule has 5 heteroatoms. The number of nitrogens with zero attached hydrogens (tertiary/aromatic N) is 2. The summed E-state index contributed by atoms with van der Waals surface area (Å²) in [5, 5.41) is 4.12. The van der Waals surface area contributed by atoms with Gasteiger partial charge in [0.05, 0.1) is 14.9 Å². The van der Waals surface area contributed by atoms with Crippen molar-refractivity contribution in [3.63, 3.8) is 0 Å². The molecule has 3 nitrogen and oxygen atoms in total. The highest BCUT2D eigenvalue weighted by atomic mass is 79.9. The van der Waals surface area contributed by atoms with Crippen LogP contribution in [0, 0.1) is 6.92 Å². The first kappa shape index (κ1) is 12.3. The summed E-state index contributed by atoms with van der Waals surface area (Å²) in [6.07, 6.45) is 5.14. The first-order chi connectivity index (χ1) is 8.08. The second kappa shape index (κ2) is 4.98. The lowest BCUT2D eigenvalue weighted by atomic mass is 10.2. The highest BCUT2D eigenvalue weighted by Gasteiger charge is 2.05. The van der Waals surface area contributed by atoms with Gasteiger partial charge in [0, 0.05) is 18.3 Å². The third kappa shape index (κ3) is 2.73. The Labute approximate surface area is 112 Å². The van der Waals surface area contributed by atoms with Gasteiger partial charge in [-0.3, -0.25) is 9.48 Å². The first-order valence-electron chi connectivity index (χ1n) is 5.04. The van der Waals surface area contributed by atoms with Crippen LogP contribution in [0.4, 0.5) is 0 Å². The predicted molar refractivity (Wildman–Crippen MR) is 73.3 cm³/mol. The van der Waals surface area contributed by atoms with Gasteiger partial charge in [0.1, 0.15) is 0 Å². The Morgan fingerprint density at radius 1 is 1.53 bits per heavy atom. The van der Waals surface area contributed by atoms with E-state index in [2.05, 4.69) is 21.0 Å². The van der Waals surface area contributed by atoms with Gasteiger partial charge in [-0.1, -0.05) is 0 Å². The van der Waals surface area contributed by atoms with Crippen molar-refractivity contribution in [2.75, 3.05) is 0 Å². The summed E-state index contributed by atoms with van der Waals surface area (Å²) in [6, 6.07) is 3.69. The number of aromatic nitrogens is 2. The normalized spacial score (nSPS) is 11.2. The number of thiophene rings is 1. The average Bonchev–Trinajstić information content (AvgIpc) is 2.86. The molecule has 0 fully saturated rings. The van der Waals surface area contributed by atoms with Crippen LogP contribution in [0.3, 0.4) is 0 Å². The van der Waals surface area contributed by atoms with Crippen LogP contribution < -0.4 is 0 Å². The number of carbonyl (C=O) groups excluding carboxylic acids is 1. The van der Waals surface area contributed by atoms with Crippen molar-refractivity contribution in [2.24, 2.45) is 7.05 Å². The van der Waals surface area contributed by atoms with E-state index in [1.807, 2.05) is 26.1 Å². The number of rotatable bonds is 3. The fourth-order valence-electron chi connectivity index (χ4n) is 1.37. The minimum Gasteiger partial charge on any atom is -0.288 e. The van der Waals surface area contributed by atoms with E-state index in [0.717, 1.165) is 19.9 Å². The molecule has 0 N–H and O–H groups in total. The van der Waals surface area contributed by atoms with Gasteiger partial charge in [0.25, 0.3) is 0 Å². The average molecular weight is 311 g/mol. The van der Waals surface area contributed by atoms with Crippen molar-refractivity contribution in [3.05, 3.63) is 44.3 Å². The summed E-state index contributed by atoms with van der Waals surface area (Å²) in [5.41, 5.74) is 2.01. The Morgan fingerprint density at radius 3 is 2.82 bits per heavy atom. The summed E-state index contributed by atoms with van der Waals surface area (Å²) in [7, 11) is 1.88. The Bertz CT molecular complexity index is 583. The molecule has 2 aromatic heterocycles. The number of aryl methyl sites for hydroxylation is 1. The van der Waals surface area contributed by atoms with Crippen molar-refractivity contribution in [1.29, 1.82) is 0 Å². The summed E-state index contributed by atoms with van der Waals surface area (Å²) < 4.78 is 2.75. The molecule has 2 aromatic rings. The van der Waals surface area contributed by atoms with Crippen LogP contribution in [0.25, 0.3) is 6.08 Å². The molecule has 88 valence electrons. The molecule has 0 atom stereocenters. The molecule has 17 heavy (non-hydrogen) atoms. The van der Waals surface area contributed by atoms with Crippen LogP contribution in [0.1, 0.15) is 20.9 Å². The van der Waals surface area contributed by atoms with E-state index < -0.39 is 0 Å². The fourth-order valence-corrected chi connectivity index (χ4v) is 2.68. The fraction of sp³-hybridized carbons (Fsp3) is 0.167. The topological polar surface area (TPSA) is 34.9 Å². The molecule has 0 amide bonds. The molecular weight excluding hydrogens is 300 g/mol. The van der Waals surface area contributed by atoms with Gasteiger partial charge in [-0.15, -0.1) is 11.3 Å². The van der Waals surface area contributed by atoms with Gasteiger partial charge in [0.2, 0.25) is 0 Å². The van der Waals surface area contributed by atoms with Crippen LogP contribution in [0.5, 0.6) is 0 Å². The third-order valence-corrected chi connectivity index (χ3v) is 4.14. The van der Waals surface area contributed by atoms with E-state index >= 15 is 0 Å². The van der Waals surface area contributed by atoms with Gasteiger partial charge in [-0.05, 0) is 47.1 Å². The standard InChI is InChI=1S/C12H11BrN2OS/c1-8-9(7-14-15(8)2)3-4-10(16)11-5-6-12(13)17-11/h3-7H,1-2H3/b4-3+. The number of halogens is 1. The lowest BCUT2D eigenvalue weighted by Crippen LogP contribution is -1.92. The SMILES string of the molecule is Cc1c(/C=C/C(=O)c2ccc(Br)s2)cnn1C. The summed E-state index contributed by atoms with van der Waals surface area (Å²) in [6.45, 7) is 1.97. The molecule has 0 bridgehead atoms. The van der Waals surface area contributed by atoms with E-state index in [4.69, 9.17) is 0 Å². The van der Waals surface area contributed by atoms with Crippen LogP contribution in [-0.2, 0) is 7.05 Å². The number of hydrogen-bond acceptors (Lipinski definition) is 3. The summed E-state index contributed by atoms with van der Waals surface area (Å²) in [5.74, 6) is 0.0175. The maximum Gasteiger partial charge on any atom is 0.195 e. The second-order valence-corrected chi connectivity index (χ2v) is 6.07. The van der Waals surface area contributed by atoms with E-state index in [9.17, 15) is 4.79 Å². The molecule has 0 spiro atoms. The Hall–Kier alpha value is -1.20. The van der Waals surface area contributed by atoms with Gasteiger partial charge in [0.15, 0.2) is 5.78 Å². The molecule has 0 aromatic carbocycles. The highest BCUT2D eigenvalue weighted by molar-refractivity contribution is 9.11. The molecule has 0 aliphatic carbocycles. The van der Waals surface area contributed by atoms with Crippen LogP contribution in [-0.4, -0.2) is 15.6 Å². The summed E-state index contributed by atoms with van der Waals surface area (Å²) >= 11 is 4.78. The van der Waals surface area contributed by atoms with Gasteiger partial charge < -0.3 is 0 Å². The maximum atomic E-state index is 11.8. The van der Waals surface area contributed by atoms with Crippen LogP contribution in [0.15, 0.2) is 28.2 Å². The Kier molecular flexibility index (Phi) is 3.59. The molecule has 0 aliphatic rings. The van der Waals surface area contributed by atoms with Crippen molar-refractivity contribution < 1.29 is 4.79 Å². The van der Waals surface area contributed by atoms with E-state index in [1.54, 1.807) is 23.0 Å². The Morgan fingerprint density at radius 2 is 2.29 bits per heavy atom. The van der Waals surface area contributed by atoms with Gasteiger partial charge >= 0.3 is 0 Å². The van der Waals surface area contributed by atoms with Crippen molar-refractivity contribution in [2.45, 2.75) is 6.92 Å². The predicted octanol–water partition coefficient (Wildman–Crippen LogP) is 3.45. The van der Waals surface area contributed by atoms with E-state index in [-0.39, 0.29) is 5.78 Å². The molecule has 2 rings (SSSR count). The quantitative estimate of drug-likeness (QED) is 0.643. The van der Waals surface area contributed by atoms with Crippen molar-refractivity contribution in [1.82, 2.24) is 9.78 Å². The molecule has 2 heterocycles. The number of ketones is 1. The van der Waals surface area contributed by atoms with Crippen LogP contribution in [0.2, 0.25) is 0 Å². The molecule has 0 unspecified atom stereocenters. The zero-order valence-corrected chi connectivity index (χ0v) is 11.9. The van der Waals surface area contributed by atoms with Crippen LogP contribution >= 0.6 is 27.3 Å². The molecule has 0 aliphatic heterocycles. The third-order valence-electron chi connectivity index (χ3n) is 2.50. The number of allylic oxidation sites excluding steroid dienone is 1. The second-order valence-electron chi connectivity index (χ2n) is 3.61. The molecular formula is C12H11BrN2OS. The molecule has 0 radical (unpaired) electrons. The number of carbonyl (C=O) groups is 1. The number of hydrogen-bond donors (Lipinski definition) is 0. The van der Waals surface area contributed by atoms with E-state index in [0.29, 0.717) is 0 Å². The smallest absolute Gasteiger partial charge is 0.195 e. The lowest BCUT2D eigenvalue weighted by Gasteiger charge is -1.93. The van der Waals surface area contributed by atoms with Crippen molar-refractivity contribution in [3.8, 4) is 0 Å². The maximum absolute atomic E-state index is 11.8. The molecule has 0 saturated heterocycles. The highest BCUT2D eigenvalue weighted by Crippen LogP contribution is 2.23. The van der Waals surface area contributed by atoms with Gasteiger partial charge in [-0.2, -0.15) is 5.10 Å². The monoisotopic (exact) mass is 310 g/mol. The summed E-state index contributed by atoms with van der Waals surface area (Å²) in [4.78, 5) is 12.6. The Balaban J connectivity index is 2.16. The zero-order valence-electron chi connectivity index (χ0n) is 9.48. The van der Waals surface area contributed by atoms with Crippen molar-refractivity contribution >= 4 is 39.1 Å². The first-order valence-corrected chi connectivity index (χ1v) is 6.65. The van der Waals surface area contributed by atoms with Gasteiger partial charge in [-0.25, -0.2) is 0 Å².